The molecule has 1 N–H and O–H groups in total. The van der Waals surface area contributed by atoms with Gasteiger partial charge >= 0.3 is 6.09 Å². The molecule has 1 aliphatic heterocycles. The van der Waals surface area contributed by atoms with Crippen LogP contribution >= 0.6 is 0 Å². The number of hydrogen-bond donors (Lipinski definition) is 1. The van der Waals surface area contributed by atoms with Crippen LogP contribution < -0.4 is 4.74 Å². The van der Waals surface area contributed by atoms with Crippen LogP contribution in [0.2, 0.25) is 0 Å². The van der Waals surface area contributed by atoms with Crippen molar-refractivity contribution in [3.63, 3.8) is 0 Å². The molecule has 0 bridgehead atoms. The van der Waals surface area contributed by atoms with Crippen molar-refractivity contribution in [2.24, 2.45) is 11.1 Å². The lowest BCUT2D eigenvalue weighted by Gasteiger charge is -2.31. The van der Waals surface area contributed by atoms with Gasteiger partial charge in [0.05, 0.1) is 5.71 Å². The third-order valence-corrected chi connectivity index (χ3v) is 3.38. The summed E-state index contributed by atoms with van der Waals surface area (Å²) in [7, 11) is 0. The van der Waals surface area contributed by atoms with Crippen LogP contribution in [0.1, 0.15) is 19.8 Å². The predicted octanol–water partition coefficient (Wildman–Crippen LogP) is 2.75. The van der Waals surface area contributed by atoms with E-state index in [1.807, 2.05) is 25.1 Å². The molecule has 0 spiro atoms. The molecule has 1 unspecified atom stereocenters. The Kier molecular flexibility index (Phi) is 4.39. The molecule has 0 aromatic heterocycles. The van der Waals surface area contributed by atoms with Crippen molar-refractivity contribution >= 4 is 11.8 Å². The average Bonchev–Trinajstić information content (AvgIpc) is 2.47. The summed E-state index contributed by atoms with van der Waals surface area (Å²) in [5.41, 5.74) is 0.770. The Balaban J connectivity index is 1.97. The molecule has 1 saturated heterocycles. The van der Waals surface area contributed by atoms with Crippen LogP contribution in [0.15, 0.2) is 35.5 Å². The molecule has 0 aliphatic carbocycles. The van der Waals surface area contributed by atoms with E-state index in [9.17, 15) is 4.79 Å². The zero-order chi connectivity index (χ0) is 13.7. The number of para-hydroxylation sites is 1. The zero-order valence-corrected chi connectivity index (χ0v) is 11.0. The number of benzene rings is 1. The normalized spacial score (nSPS) is 21.4. The van der Waals surface area contributed by atoms with Crippen LogP contribution in [-0.4, -0.2) is 35.0 Å². The first-order chi connectivity index (χ1) is 9.24. The van der Waals surface area contributed by atoms with E-state index in [0.29, 0.717) is 25.3 Å². The number of rotatable bonds is 2. The lowest BCUT2D eigenvalue weighted by molar-refractivity contribution is 0.143. The zero-order valence-electron chi connectivity index (χ0n) is 11.0. The third-order valence-electron chi connectivity index (χ3n) is 3.38. The van der Waals surface area contributed by atoms with Gasteiger partial charge in [-0.1, -0.05) is 30.3 Å². The molecule has 1 fully saturated rings. The van der Waals surface area contributed by atoms with E-state index in [4.69, 9.17) is 9.94 Å². The topological polar surface area (TPSA) is 62.1 Å². The highest BCUT2D eigenvalue weighted by Crippen LogP contribution is 2.19. The first-order valence-corrected chi connectivity index (χ1v) is 6.47. The molecular formula is C14H18N2O3. The SMILES string of the molecule is CCC1CN(C(=O)Oc2ccccc2)CC/C1=N\O. The van der Waals surface area contributed by atoms with Crippen molar-refractivity contribution < 1.29 is 14.7 Å². The quantitative estimate of drug-likeness (QED) is 0.658. The minimum atomic E-state index is -0.346. The number of nitrogens with zero attached hydrogens (tertiary/aromatic N) is 2. The smallest absolute Gasteiger partial charge is 0.411 e. The van der Waals surface area contributed by atoms with Crippen molar-refractivity contribution in [2.75, 3.05) is 13.1 Å². The number of hydrogen-bond acceptors (Lipinski definition) is 4. The number of ether oxygens (including phenoxy) is 1. The first-order valence-electron chi connectivity index (χ1n) is 6.47. The Morgan fingerprint density at radius 3 is 2.84 bits per heavy atom. The lowest BCUT2D eigenvalue weighted by atomic mass is 9.93. The van der Waals surface area contributed by atoms with E-state index < -0.39 is 0 Å². The Hall–Kier alpha value is -2.04. The monoisotopic (exact) mass is 262 g/mol. The highest BCUT2D eigenvalue weighted by molar-refractivity contribution is 5.88. The van der Waals surface area contributed by atoms with Crippen molar-refractivity contribution in [1.82, 2.24) is 4.90 Å². The van der Waals surface area contributed by atoms with Crippen molar-refractivity contribution in [1.29, 1.82) is 0 Å². The number of oxime groups is 1. The summed E-state index contributed by atoms with van der Waals surface area (Å²) in [6.45, 7) is 3.09. The third kappa shape index (κ3) is 3.24. The number of amides is 1. The summed E-state index contributed by atoms with van der Waals surface area (Å²) >= 11 is 0. The summed E-state index contributed by atoms with van der Waals surface area (Å²) < 4.78 is 5.30. The molecule has 1 amide bonds. The maximum Gasteiger partial charge on any atom is 0.415 e. The van der Waals surface area contributed by atoms with Gasteiger partial charge in [-0.2, -0.15) is 0 Å². The van der Waals surface area contributed by atoms with Gasteiger partial charge in [0.2, 0.25) is 0 Å². The van der Waals surface area contributed by atoms with Crippen LogP contribution in [0, 0.1) is 5.92 Å². The van der Waals surface area contributed by atoms with Gasteiger partial charge in [-0.05, 0) is 18.6 Å². The lowest BCUT2D eigenvalue weighted by Crippen LogP contribution is -2.45. The Bertz CT molecular complexity index is 459. The number of piperidine rings is 1. The molecule has 1 aromatic rings. The highest BCUT2D eigenvalue weighted by Gasteiger charge is 2.28. The van der Waals surface area contributed by atoms with E-state index >= 15 is 0 Å². The van der Waals surface area contributed by atoms with E-state index in [1.165, 1.54) is 0 Å². The second-order valence-corrected chi connectivity index (χ2v) is 4.57. The molecule has 102 valence electrons. The molecule has 1 atom stereocenters. The van der Waals surface area contributed by atoms with Gasteiger partial charge in [0.1, 0.15) is 5.75 Å². The molecule has 19 heavy (non-hydrogen) atoms. The number of carbonyl (C=O) groups excluding carboxylic acids is 1. The highest BCUT2D eigenvalue weighted by atomic mass is 16.6. The van der Waals surface area contributed by atoms with Crippen molar-refractivity contribution in [3.05, 3.63) is 30.3 Å². The fourth-order valence-corrected chi connectivity index (χ4v) is 2.23. The summed E-state index contributed by atoms with van der Waals surface area (Å²) in [6.07, 6.45) is 1.09. The largest absolute Gasteiger partial charge is 0.415 e. The fourth-order valence-electron chi connectivity index (χ4n) is 2.23. The second-order valence-electron chi connectivity index (χ2n) is 4.57. The molecule has 0 radical (unpaired) electrons. The number of likely N-dealkylation sites (tertiary alicyclic amines) is 1. The molecule has 2 rings (SSSR count). The summed E-state index contributed by atoms with van der Waals surface area (Å²) in [4.78, 5) is 13.7. The minimum Gasteiger partial charge on any atom is -0.411 e. The molecular weight excluding hydrogens is 244 g/mol. The summed E-state index contributed by atoms with van der Waals surface area (Å²) in [6, 6.07) is 9.02. The van der Waals surface area contributed by atoms with Gasteiger partial charge in [0, 0.05) is 25.4 Å². The van der Waals surface area contributed by atoms with Crippen LogP contribution in [0.3, 0.4) is 0 Å². The van der Waals surface area contributed by atoms with Gasteiger partial charge in [-0.25, -0.2) is 4.79 Å². The molecule has 1 aromatic carbocycles. The Morgan fingerprint density at radius 1 is 1.47 bits per heavy atom. The van der Waals surface area contributed by atoms with Gasteiger partial charge < -0.3 is 14.8 Å². The van der Waals surface area contributed by atoms with Crippen LogP contribution in [0.5, 0.6) is 5.75 Å². The van der Waals surface area contributed by atoms with Crippen LogP contribution in [0.25, 0.3) is 0 Å². The molecule has 0 saturated carbocycles. The summed E-state index contributed by atoms with van der Waals surface area (Å²) in [5, 5.41) is 12.2. The maximum absolute atomic E-state index is 12.0. The fraction of sp³-hybridized carbons (Fsp3) is 0.429. The molecule has 5 nitrogen and oxygen atoms in total. The van der Waals surface area contributed by atoms with Gasteiger partial charge in [0.15, 0.2) is 0 Å². The predicted molar refractivity (Wildman–Crippen MR) is 71.7 cm³/mol. The molecule has 1 aliphatic rings. The van der Waals surface area contributed by atoms with Gasteiger partial charge in [0.25, 0.3) is 0 Å². The minimum absolute atomic E-state index is 0.113. The van der Waals surface area contributed by atoms with E-state index in [1.54, 1.807) is 17.0 Å². The maximum atomic E-state index is 12.0. The van der Waals surface area contributed by atoms with Gasteiger partial charge in [-0.3, -0.25) is 0 Å². The molecule has 5 heteroatoms. The summed E-state index contributed by atoms with van der Waals surface area (Å²) in [5.74, 6) is 0.657. The average molecular weight is 262 g/mol. The standard InChI is InChI=1S/C14H18N2O3/c1-2-11-10-16(9-8-13(11)15-18)14(17)19-12-6-4-3-5-7-12/h3-7,11,18H,2,8-10H2,1H3/b15-13+. The van der Waals surface area contributed by atoms with E-state index in [0.717, 1.165) is 12.1 Å². The Labute approximate surface area is 112 Å². The molecule has 1 heterocycles. The Morgan fingerprint density at radius 2 is 2.21 bits per heavy atom. The van der Waals surface area contributed by atoms with Crippen LogP contribution in [-0.2, 0) is 0 Å². The number of carbonyl (C=O) groups is 1. The van der Waals surface area contributed by atoms with Gasteiger partial charge in [-0.15, -0.1) is 0 Å². The van der Waals surface area contributed by atoms with E-state index in [2.05, 4.69) is 5.16 Å². The van der Waals surface area contributed by atoms with E-state index in [-0.39, 0.29) is 12.0 Å². The van der Waals surface area contributed by atoms with Crippen LogP contribution in [0.4, 0.5) is 4.79 Å². The first kappa shape index (κ1) is 13.4. The second kappa shape index (κ2) is 6.22. The van der Waals surface area contributed by atoms with Crippen molar-refractivity contribution in [2.45, 2.75) is 19.8 Å². The van der Waals surface area contributed by atoms with Crippen molar-refractivity contribution in [3.8, 4) is 5.75 Å².